The van der Waals surface area contributed by atoms with Gasteiger partial charge in [0.05, 0.1) is 26.6 Å². The zero-order chi connectivity index (χ0) is 16.4. The van der Waals surface area contributed by atoms with Crippen LogP contribution in [-0.4, -0.2) is 31.5 Å². The van der Waals surface area contributed by atoms with E-state index in [1.54, 1.807) is 38.3 Å². The number of hydrogen-bond donors (Lipinski definition) is 2. The maximum absolute atomic E-state index is 11.7. The molecule has 0 radical (unpaired) electrons. The van der Waals surface area contributed by atoms with Crippen molar-refractivity contribution in [3.8, 4) is 5.75 Å². The van der Waals surface area contributed by atoms with Crippen molar-refractivity contribution >= 4 is 17.8 Å². The first-order valence-electron chi connectivity index (χ1n) is 6.91. The van der Waals surface area contributed by atoms with Crippen LogP contribution in [0, 0.1) is 0 Å². The Kier molecular flexibility index (Phi) is 7.45. The second kappa shape index (κ2) is 9.38. The SMILES string of the molecule is CCOC(=O)CCC(=O)NNC(=O)Cc1ccc(OC)cc1. The number of rotatable bonds is 7. The quantitative estimate of drug-likeness (QED) is 0.572. The molecule has 0 aliphatic rings. The van der Waals surface area contributed by atoms with Gasteiger partial charge in [-0.25, -0.2) is 0 Å². The summed E-state index contributed by atoms with van der Waals surface area (Å²) >= 11 is 0. The number of carbonyl (C=O) groups excluding carboxylic acids is 3. The second-order valence-corrected chi connectivity index (χ2v) is 4.43. The topological polar surface area (TPSA) is 93.7 Å². The summed E-state index contributed by atoms with van der Waals surface area (Å²) in [5, 5.41) is 0. The van der Waals surface area contributed by atoms with Crippen LogP contribution in [0.2, 0.25) is 0 Å². The van der Waals surface area contributed by atoms with E-state index in [1.165, 1.54) is 0 Å². The summed E-state index contributed by atoms with van der Waals surface area (Å²) in [6.45, 7) is 1.97. The molecule has 0 bridgehead atoms. The maximum atomic E-state index is 11.7. The Labute approximate surface area is 128 Å². The molecular weight excluding hydrogens is 288 g/mol. The lowest BCUT2D eigenvalue weighted by Gasteiger charge is -2.08. The van der Waals surface area contributed by atoms with Crippen LogP contribution in [0.3, 0.4) is 0 Å². The number of hydrazine groups is 1. The maximum Gasteiger partial charge on any atom is 0.306 e. The van der Waals surface area contributed by atoms with Crippen molar-refractivity contribution in [2.24, 2.45) is 0 Å². The van der Waals surface area contributed by atoms with E-state index in [1.807, 2.05) is 0 Å². The molecule has 0 unspecified atom stereocenters. The minimum Gasteiger partial charge on any atom is -0.497 e. The lowest BCUT2D eigenvalue weighted by Crippen LogP contribution is -2.42. The highest BCUT2D eigenvalue weighted by atomic mass is 16.5. The standard InChI is InChI=1S/C15H20N2O5/c1-3-22-15(20)9-8-13(18)16-17-14(19)10-11-4-6-12(21-2)7-5-11/h4-7H,3,8-10H2,1-2H3,(H,16,18)(H,17,19). The fourth-order valence-corrected chi connectivity index (χ4v) is 1.62. The van der Waals surface area contributed by atoms with Gasteiger partial charge in [-0.1, -0.05) is 12.1 Å². The minimum atomic E-state index is -0.448. The molecule has 22 heavy (non-hydrogen) atoms. The summed E-state index contributed by atoms with van der Waals surface area (Å²) in [7, 11) is 1.56. The fourth-order valence-electron chi connectivity index (χ4n) is 1.62. The van der Waals surface area contributed by atoms with Crippen molar-refractivity contribution in [2.45, 2.75) is 26.2 Å². The summed E-state index contributed by atoms with van der Waals surface area (Å²) in [5.41, 5.74) is 5.34. The van der Waals surface area contributed by atoms with E-state index < -0.39 is 11.9 Å². The lowest BCUT2D eigenvalue weighted by atomic mass is 10.1. The van der Waals surface area contributed by atoms with E-state index in [-0.39, 0.29) is 31.8 Å². The van der Waals surface area contributed by atoms with Crippen LogP contribution in [0.5, 0.6) is 5.75 Å². The number of esters is 1. The van der Waals surface area contributed by atoms with E-state index in [0.717, 1.165) is 5.56 Å². The van der Waals surface area contributed by atoms with Gasteiger partial charge in [-0.2, -0.15) is 0 Å². The summed E-state index contributed by atoms with van der Waals surface area (Å²) in [6, 6.07) is 7.03. The van der Waals surface area contributed by atoms with E-state index >= 15 is 0 Å². The third-order valence-corrected chi connectivity index (χ3v) is 2.73. The second-order valence-electron chi connectivity index (χ2n) is 4.43. The van der Waals surface area contributed by atoms with Crippen LogP contribution in [0.15, 0.2) is 24.3 Å². The fraction of sp³-hybridized carbons (Fsp3) is 0.400. The van der Waals surface area contributed by atoms with Gasteiger partial charge in [-0.3, -0.25) is 25.2 Å². The first-order valence-corrected chi connectivity index (χ1v) is 6.91. The van der Waals surface area contributed by atoms with Crippen LogP contribution < -0.4 is 15.6 Å². The van der Waals surface area contributed by atoms with Crippen LogP contribution in [0.25, 0.3) is 0 Å². The number of methoxy groups -OCH3 is 1. The monoisotopic (exact) mass is 308 g/mol. The first kappa shape index (κ1) is 17.5. The van der Waals surface area contributed by atoms with Crippen molar-refractivity contribution in [2.75, 3.05) is 13.7 Å². The van der Waals surface area contributed by atoms with Crippen molar-refractivity contribution in [3.05, 3.63) is 29.8 Å². The van der Waals surface area contributed by atoms with Gasteiger partial charge in [-0.15, -0.1) is 0 Å². The van der Waals surface area contributed by atoms with Gasteiger partial charge in [0.25, 0.3) is 0 Å². The Morgan fingerprint density at radius 2 is 1.64 bits per heavy atom. The smallest absolute Gasteiger partial charge is 0.306 e. The van der Waals surface area contributed by atoms with Crippen molar-refractivity contribution in [3.63, 3.8) is 0 Å². The Morgan fingerprint density at radius 3 is 2.23 bits per heavy atom. The number of benzene rings is 1. The minimum absolute atomic E-state index is 0.0198. The zero-order valence-electron chi connectivity index (χ0n) is 12.7. The number of nitrogens with one attached hydrogen (secondary N) is 2. The molecule has 1 aromatic carbocycles. The Hall–Kier alpha value is -2.57. The van der Waals surface area contributed by atoms with Gasteiger partial charge in [-0.05, 0) is 24.6 Å². The highest BCUT2D eigenvalue weighted by molar-refractivity contribution is 5.85. The van der Waals surface area contributed by atoms with Crippen LogP contribution in [0.4, 0.5) is 0 Å². The summed E-state index contributed by atoms with van der Waals surface area (Å²) in [6.07, 6.45) is 0.0673. The first-order chi connectivity index (χ1) is 10.5. The molecule has 120 valence electrons. The number of hydrogen-bond acceptors (Lipinski definition) is 5. The molecule has 1 rings (SSSR count). The number of carbonyl (C=O) groups is 3. The molecule has 0 saturated carbocycles. The number of amides is 2. The summed E-state index contributed by atoms with van der Waals surface area (Å²) in [5.74, 6) is -0.538. The molecule has 0 aliphatic carbocycles. The Morgan fingerprint density at radius 1 is 1.00 bits per heavy atom. The van der Waals surface area contributed by atoms with E-state index in [9.17, 15) is 14.4 Å². The molecule has 0 aromatic heterocycles. The average molecular weight is 308 g/mol. The van der Waals surface area contributed by atoms with Crippen LogP contribution in [0.1, 0.15) is 25.3 Å². The van der Waals surface area contributed by atoms with Crippen molar-refractivity contribution in [1.29, 1.82) is 0 Å². The van der Waals surface area contributed by atoms with E-state index in [2.05, 4.69) is 10.9 Å². The Balaban J connectivity index is 2.27. The molecule has 1 aromatic rings. The predicted octanol–water partition coefficient (Wildman–Crippen LogP) is 0.728. The third kappa shape index (κ3) is 6.74. The molecule has 0 spiro atoms. The molecule has 0 aliphatic heterocycles. The number of ether oxygens (including phenoxy) is 2. The molecule has 7 heteroatoms. The lowest BCUT2D eigenvalue weighted by molar-refractivity contribution is -0.144. The van der Waals surface area contributed by atoms with Crippen molar-refractivity contribution < 1.29 is 23.9 Å². The van der Waals surface area contributed by atoms with Gasteiger partial charge in [0.2, 0.25) is 11.8 Å². The van der Waals surface area contributed by atoms with Gasteiger partial charge in [0, 0.05) is 6.42 Å². The van der Waals surface area contributed by atoms with Crippen molar-refractivity contribution in [1.82, 2.24) is 10.9 Å². The molecule has 2 N–H and O–H groups in total. The molecule has 0 atom stereocenters. The molecule has 2 amide bonds. The highest BCUT2D eigenvalue weighted by Gasteiger charge is 2.09. The van der Waals surface area contributed by atoms with E-state index in [4.69, 9.17) is 9.47 Å². The molecule has 7 nitrogen and oxygen atoms in total. The highest BCUT2D eigenvalue weighted by Crippen LogP contribution is 2.11. The third-order valence-electron chi connectivity index (χ3n) is 2.73. The molecule has 0 saturated heterocycles. The zero-order valence-corrected chi connectivity index (χ0v) is 12.7. The van der Waals surface area contributed by atoms with Gasteiger partial charge < -0.3 is 9.47 Å². The predicted molar refractivity (Wildman–Crippen MR) is 78.9 cm³/mol. The Bertz CT molecular complexity index is 513. The normalized spacial score (nSPS) is 9.73. The molecule has 0 fully saturated rings. The molecular formula is C15H20N2O5. The van der Waals surface area contributed by atoms with Crippen LogP contribution in [-0.2, 0) is 25.5 Å². The summed E-state index contributed by atoms with van der Waals surface area (Å²) in [4.78, 5) is 34.2. The summed E-state index contributed by atoms with van der Waals surface area (Å²) < 4.78 is 9.72. The van der Waals surface area contributed by atoms with Crippen LogP contribution >= 0.6 is 0 Å². The molecule has 0 heterocycles. The van der Waals surface area contributed by atoms with Gasteiger partial charge >= 0.3 is 5.97 Å². The largest absolute Gasteiger partial charge is 0.497 e. The van der Waals surface area contributed by atoms with Gasteiger partial charge in [0.1, 0.15) is 5.75 Å². The average Bonchev–Trinajstić information content (AvgIpc) is 2.52. The van der Waals surface area contributed by atoms with E-state index in [0.29, 0.717) is 5.75 Å². The van der Waals surface area contributed by atoms with Gasteiger partial charge in [0.15, 0.2) is 0 Å².